The lowest BCUT2D eigenvalue weighted by atomic mass is 9.93. The number of nitrogens with zero attached hydrogens (tertiary/aromatic N) is 2. The topological polar surface area (TPSA) is 40.7 Å². The summed E-state index contributed by atoms with van der Waals surface area (Å²) in [4.78, 5) is 8.74. The van der Waals surface area contributed by atoms with Gasteiger partial charge in [-0.05, 0) is 61.4 Å². The van der Waals surface area contributed by atoms with Crippen molar-refractivity contribution in [2.24, 2.45) is 0 Å². The van der Waals surface area contributed by atoms with Crippen LogP contribution in [-0.2, 0) is 6.42 Å². The smallest absolute Gasteiger partial charge is 0.119 e. The van der Waals surface area contributed by atoms with Gasteiger partial charge in [-0.1, -0.05) is 0 Å². The molecular formula is C22H25N3O2. The third kappa shape index (κ3) is 2.57. The van der Waals surface area contributed by atoms with E-state index in [0.717, 1.165) is 31.1 Å². The molecule has 5 nitrogen and oxygen atoms in total. The molecule has 0 bridgehead atoms. The van der Waals surface area contributed by atoms with E-state index in [1.807, 2.05) is 18.2 Å². The molecule has 5 heteroatoms. The van der Waals surface area contributed by atoms with E-state index in [1.54, 1.807) is 14.2 Å². The monoisotopic (exact) mass is 363 g/mol. The quantitative estimate of drug-likeness (QED) is 0.765. The molecule has 5 rings (SSSR count). The Morgan fingerprint density at radius 1 is 1.00 bits per heavy atom. The first-order valence-electron chi connectivity index (χ1n) is 9.51. The maximum Gasteiger partial charge on any atom is 0.119 e. The average Bonchev–Trinajstić information content (AvgIpc) is 3.30. The summed E-state index contributed by atoms with van der Waals surface area (Å²) in [5, 5.41) is 1.30. The van der Waals surface area contributed by atoms with E-state index < -0.39 is 0 Å². The van der Waals surface area contributed by atoms with Gasteiger partial charge in [-0.25, -0.2) is 0 Å². The number of methoxy groups -OCH3 is 2. The molecule has 27 heavy (non-hydrogen) atoms. The highest BCUT2D eigenvalue weighted by atomic mass is 16.5. The number of aromatic amines is 1. The first-order valence-corrected chi connectivity index (χ1v) is 9.51. The summed E-state index contributed by atoms with van der Waals surface area (Å²) in [5.41, 5.74) is 5.27. The van der Waals surface area contributed by atoms with Crippen molar-refractivity contribution >= 4 is 16.6 Å². The van der Waals surface area contributed by atoms with E-state index in [0.29, 0.717) is 12.1 Å². The molecule has 1 saturated heterocycles. The second-order valence-electron chi connectivity index (χ2n) is 7.54. The van der Waals surface area contributed by atoms with Gasteiger partial charge in [0.2, 0.25) is 0 Å². The SMILES string of the molecule is COc1ccc(N2CC3Cc4c([nH]c5ccc(OC)cc45)C(C)N3C2)cc1. The lowest BCUT2D eigenvalue weighted by Crippen LogP contribution is -2.39. The Morgan fingerprint density at radius 2 is 1.74 bits per heavy atom. The first kappa shape index (κ1) is 16.5. The number of rotatable bonds is 3. The molecule has 1 N–H and O–H groups in total. The Hall–Kier alpha value is -2.66. The van der Waals surface area contributed by atoms with Crippen LogP contribution in [0, 0.1) is 0 Å². The zero-order chi connectivity index (χ0) is 18.5. The number of benzene rings is 2. The minimum Gasteiger partial charge on any atom is -0.497 e. The van der Waals surface area contributed by atoms with Gasteiger partial charge < -0.3 is 19.4 Å². The standard InChI is InChI=1S/C22H25N3O2/c1-14-22-20(19-11-18(27-3)8-9-21(19)23-22)10-16-12-24(13-25(14)16)15-4-6-17(26-2)7-5-15/h4-9,11,14,16,23H,10,12-13H2,1-3H3. The number of hydrogen-bond donors (Lipinski definition) is 1. The predicted octanol–water partition coefficient (Wildman–Crippen LogP) is 3.95. The van der Waals surface area contributed by atoms with Crippen LogP contribution < -0.4 is 14.4 Å². The van der Waals surface area contributed by atoms with Crippen molar-refractivity contribution in [2.75, 3.05) is 32.3 Å². The van der Waals surface area contributed by atoms with Gasteiger partial charge in [-0.3, -0.25) is 4.90 Å². The summed E-state index contributed by atoms with van der Waals surface area (Å²) in [7, 11) is 3.44. The largest absolute Gasteiger partial charge is 0.497 e. The summed E-state index contributed by atoms with van der Waals surface area (Å²) in [6, 6.07) is 15.6. The Morgan fingerprint density at radius 3 is 2.48 bits per heavy atom. The molecule has 140 valence electrons. The van der Waals surface area contributed by atoms with Crippen LogP contribution in [0.3, 0.4) is 0 Å². The summed E-state index contributed by atoms with van der Waals surface area (Å²) in [6.07, 6.45) is 1.07. The molecule has 2 aromatic carbocycles. The fourth-order valence-corrected chi connectivity index (χ4v) is 4.68. The van der Waals surface area contributed by atoms with E-state index in [4.69, 9.17) is 9.47 Å². The van der Waals surface area contributed by atoms with Crippen LogP contribution in [-0.4, -0.2) is 43.4 Å². The maximum absolute atomic E-state index is 5.45. The number of nitrogens with one attached hydrogen (secondary N) is 1. The van der Waals surface area contributed by atoms with Crippen molar-refractivity contribution < 1.29 is 9.47 Å². The van der Waals surface area contributed by atoms with Crippen LogP contribution in [0.4, 0.5) is 5.69 Å². The van der Waals surface area contributed by atoms with Gasteiger partial charge in [0.25, 0.3) is 0 Å². The van der Waals surface area contributed by atoms with Gasteiger partial charge in [-0.2, -0.15) is 0 Å². The van der Waals surface area contributed by atoms with Gasteiger partial charge in [0.15, 0.2) is 0 Å². The van der Waals surface area contributed by atoms with Gasteiger partial charge in [0.1, 0.15) is 11.5 Å². The number of anilines is 1. The van der Waals surface area contributed by atoms with E-state index in [-0.39, 0.29) is 0 Å². The van der Waals surface area contributed by atoms with Crippen molar-refractivity contribution in [2.45, 2.75) is 25.4 Å². The second kappa shape index (κ2) is 6.20. The highest BCUT2D eigenvalue weighted by molar-refractivity contribution is 5.86. The van der Waals surface area contributed by atoms with Crippen molar-refractivity contribution in [3.63, 3.8) is 0 Å². The normalized spacial score (nSPS) is 22.0. The van der Waals surface area contributed by atoms with E-state index in [1.165, 1.54) is 27.8 Å². The molecule has 1 aromatic heterocycles. The average molecular weight is 363 g/mol. The van der Waals surface area contributed by atoms with Gasteiger partial charge >= 0.3 is 0 Å². The second-order valence-corrected chi connectivity index (χ2v) is 7.54. The van der Waals surface area contributed by atoms with E-state index >= 15 is 0 Å². The molecule has 2 unspecified atom stereocenters. The van der Waals surface area contributed by atoms with Crippen molar-refractivity contribution in [1.82, 2.24) is 9.88 Å². The van der Waals surface area contributed by atoms with Crippen LogP contribution in [0.1, 0.15) is 24.2 Å². The lowest BCUT2D eigenvalue weighted by molar-refractivity contribution is 0.178. The number of aromatic nitrogens is 1. The van der Waals surface area contributed by atoms with E-state index in [2.05, 4.69) is 46.0 Å². The number of ether oxygens (including phenoxy) is 2. The van der Waals surface area contributed by atoms with Crippen LogP contribution >= 0.6 is 0 Å². The molecule has 3 heterocycles. The highest BCUT2D eigenvalue weighted by Crippen LogP contribution is 2.41. The molecule has 2 aliphatic rings. The predicted molar refractivity (Wildman–Crippen MR) is 108 cm³/mol. The first-order chi connectivity index (χ1) is 13.2. The van der Waals surface area contributed by atoms with Gasteiger partial charge in [-0.15, -0.1) is 0 Å². The maximum atomic E-state index is 5.45. The molecule has 2 aliphatic heterocycles. The third-order valence-corrected chi connectivity index (χ3v) is 6.17. The molecule has 0 amide bonds. The van der Waals surface area contributed by atoms with Crippen LogP contribution in [0.15, 0.2) is 42.5 Å². The summed E-state index contributed by atoms with van der Waals surface area (Å²) in [5.74, 6) is 1.82. The van der Waals surface area contributed by atoms with Crippen molar-refractivity contribution in [3.8, 4) is 11.5 Å². The minimum atomic E-state index is 0.375. The zero-order valence-electron chi connectivity index (χ0n) is 16.0. The Labute approximate surface area is 159 Å². The zero-order valence-corrected chi connectivity index (χ0v) is 16.0. The molecule has 0 spiro atoms. The molecule has 0 saturated carbocycles. The molecule has 0 aliphatic carbocycles. The highest BCUT2D eigenvalue weighted by Gasteiger charge is 2.40. The Bertz CT molecular complexity index is 979. The number of fused-ring (bicyclic) bond motifs is 4. The molecule has 0 radical (unpaired) electrons. The summed E-state index contributed by atoms with van der Waals surface area (Å²) >= 11 is 0. The lowest BCUT2D eigenvalue weighted by Gasteiger charge is -2.34. The summed E-state index contributed by atoms with van der Waals surface area (Å²) in [6.45, 7) is 4.32. The fraction of sp³-hybridized carbons (Fsp3) is 0.364. The van der Waals surface area contributed by atoms with Gasteiger partial charge in [0.05, 0.1) is 20.9 Å². The number of H-pyrrole nitrogens is 1. The molecular weight excluding hydrogens is 338 g/mol. The number of hydrogen-bond acceptors (Lipinski definition) is 4. The molecule has 1 fully saturated rings. The van der Waals surface area contributed by atoms with Crippen molar-refractivity contribution in [3.05, 3.63) is 53.7 Å². The minimum absolute atomic E-state index is 0.375. The summed E-state index contributed by atoms with van der Waals surface area (Å²) < 4.78 is 10.7. The molecule has 2 atom stereocenters. The van der Waals surface area contributed by atoms with E-state index in [9.17, 15) is 0 Å². The van der Waals surface area contributed by atoms with Crippen LogP contribution in [0.2, 0.25) is 0 Å². The van der Waals surface area contributed by atoms with Crippen molar-refractivity contribution in [1.29, 1.82) is 0 Å². The Kier molecular flexibility index (Phi) is 3.79. The third-order valence-electron chi connectivity index (χ3n) is 6.17. The molecule has 3 aromatic rings. The van der Waals surface area contributed by atoms with Gasteiger partial charge in [0, 0.05) is 40.9 Å². The Balaban J connectivity index is 1.46. The van der Waals surface area contributed by atoms with Crippen LogP contribution in [0.25, 0.3) is 10.9 Å². The fourth-order valence-electron chi connectivity index (χ4n) is 4.68. The van der Waals surface area contributed by atoms with Crippen LogP contribution in [0.5, 0.6) is 11.5 Å².